The molecule has 1 aliphatic rings. The van der Waals surface area contributed by atoms with Crippen LogP contribution in [-0.4, -0.2) is 34.5 Å². The molecular formula is C20H19ClN2O3S2. The fraction of sp³-hybridized carbons (Fsp3) is 0.250. The van der Waals surface area contributed by atoms with E-state index in [0.717, 1.165) is 15.6 Å². The van der Waals surface area contributed by atoms with Gasteiger partial charge in [-0.25, -0.2) is 4.99 Å². The highest BCUT2D eigenvalue weighted by Gasteiger charge is 2.27. The van der Waals surface area contributed by atoms with Gasteiger partial charge in [0.25, 0.3) is 0 Å². The zero-order chi connectivity index (χ0) is 19.9. The molecule has 8 heteroatoms. The first-order chi connectivity index (χ1) is 13.5. The van der Waals surface area contributed by atoms with Crippen molar-refractivity contribution in [2.75, 3.05) is 17.7 Å². The minimum absolute atomic E-state index is 0.145. The van der Waals surface area contributed by atoms with Crippen LogP contribution in [0.2, 0.25) is 5.02 Å². The summed E-state index contributed by atoms with van der Waals surface area (Å²) in [5.74, 6) is -0.212. The Bertz CT molecular complexity index is 887. The van der Waals surface area contributed by atoms with Crippen LogP contribution in [0.5, 0.6) is 0 Å². The molecule has 0 bridgehead atoms. The third-order valence-corrected chi connectivity index (χ3v) is 6.53. The topological polar surface area (TPSA) is 67.8 Å². The van der Waals surface area contributed by atoms with E-state index < -0.39 is 0 Å². The lowest BCUT2D eigenvalue weighted by Gasteiger charge is -2.23. The third kappa shape index (κ3) is 5.77. The molecule has 2 aromatic rings. The summed E-state index contributed by atoms with van der Waals surface area (Å²) in [5.41, 5.74) is 1.54. The number of hydrogen-bond donors (Lipinski definition) is 1. The van der Waals surface area contributed by atoms with Crippen molar-refractivity contribution in [2.45, 2.75) is 23.5 Å². The van der Waals surface area contributed by atoms with Crippen LogP contribution < -0.4 is 5.32 Å². The lowest BCUT2D eigenvalue weighted by molar-refractivity contribution is -0.142. The van der Waals surface area contributed by atoms with Crippen LogP contribution in [0, 0.1) is 0 Å². The highest BCUT2D eigenvalue weighted by Crippen LogP contribution is 2.41. The molecule has 28 heavy (non-hydrogen) atoms. The smallest absolute Gasteiger partial charge is 0.307 e. The van der Waals surface area contributed by atoms with E-state index in [2.05, 4.69) is 10.3 Å². The normalized spacial score (nSPS) is 15.4. The van der Waals surface area contributed by atoms with E-state index in [1.807, 2.05) is 24.3 Å². The maximum absolute atomic E-state index is 12.3. The number of ether oxygens (including phenoxy) is 1. The number of esters is 1. The van der Waals surface area contributed by atoms with Crippen molar-refractivity contribution in [1.29, 1.82) is 0 Å². The van der Waals surface area contributed by atoms with E-state index in [-0.39, 0.29) is 29.3 Å². The monoisotopic (exact) mass is 434 g/mol. The summed E-state index contributed by atoms with van der Waals surface area (Å²) in [5, 5.41) is 4.03. The van der Waals surface area contributed by atoms with E-state index >= 15 is 0 Å². The predicted octanol–water partition coefficient (Wildman–Crippen LogP) is 5.17. The highest BCUT2D eigenvalue weighted by atomic mass is 35.5. The molecule has 0 saturated heterocycles. The van der Waals surface area contributed by atoms with Crippen molar-refractivity contribution >= 4 is 63.4 Å². The van der Waals surface area contributed by atoms with Crippen molar-refractivity contribution in [1.82, 2.24) is 0 Å². The van der Waals surface area contributed by atoms with Crippen LogP contribution in [0.3, 0.4) is 0 Å². The number of halogens is 1. The Kier molecular flexibility index (Phi) is 7.42. The van der Waals surface area contributed by atoms with E-state index in [4.69, 9.17) is 16.3 Å². The van der Waals surface area contributed by atoms with Gasteiger partial charge in [0.1, 0.15) is 0 Å². The molecule has 1 unspecified atom stereocenters. The maximum atomic E-state index is 12.3. The summed E-state index contributed by atoms with van der Waals surface area (Å²) >= 11 is 8.78. The number of anilines is 1. The average Bonchev–Trinajstić information content (AvgIpc) is 2.68. The van der Waals surface area contributed by atoms with Gasteiger partial charge >= 0.3 is 5.97 Å². The molecule has 0 radical (unpaired) electrons. The van der Waals surface area contributed by atoms with Crippen LogP contribution in [0.25, 0.3) is 0 Å². The van der Waals surface area contributed by atoms with E-state index in [1.165, 1.54) is 11.8 Å². The number of thioether (sulfide) groups is 2. The number of carbonyl (C=O) groups is 2. The Hall–Kier alpha value is -1.96. The van der Waals surface area contributed by atoms with Gasteiger partial charge in [-0.3, -0.25) is 9.59 Å². The summed E-state index contributed by atoms with van der Waals surface area (Å²) in [4.78, 5) is 30.0. The quantitative estimate of drug-likeness (QED) is 0.635. The number of amides is 1. The lowest BCUT2D eigenvalue weighted by Crippen LogP contribution is -2.24. The van der Waals surface area contributed by atoms with Gasteiger partial charge in [-0.2, -0.15) is 0 Å². The number of nitrogens with zero attached hydrogens (tertiary/aromatic N) is 1. The van der Waals surface area contributed by atoms with Crippen LogP contribution in [0.15, 0.2) is 58.4 Å². The summed E-state index contributed by atoms with van der Waals surface area (Å²) in [7, 11) is 0. The number of fused-ring (bicyclic) bond motifs is 1. The minimum atomic E-state index is -0.265. The summed E-state index contributed by atoms with van der Waals surface area (Å²) in [6, 6.07) is 14.7. The zero-order valence-electron chi connectivity index (χ0n) is 15.2. The molecule has 1 atom stereocenters. The Morgan fingerprint density at radius 2 is 1.96 bits per heavy atom. The molecule has 0 aromatic heterocycles. The summed E-state index contributed by atoms with van der Waals surface area (Å²) < 4.78 is 5.09. The number of para-hydroxylation sites is 1. The van der Waals surface area contributed by atoms with Crippen LogP contribution in [-0.2, 0) is 14.3 Å². The Labute approximate surface area is 177 Å². The summed E-state index contributed by atoms with van der Waals surface area (Å²) in [6.07, 6.45) is 0.220. The molecular weight excluding hydrogens is 416 g/mol. The van der Waals surface area contributed by atoms with Gasteiger partial charge in [-0.15, -0.1) is 11.8 Å². The van der Waals surface area contributed by atoms with Crippen molar-refractivity contribution in [3.63, 3.8) is 0 Å². The van der Waals surface area contributed by atoms with E-state index in [1.54, 1.807) is 43.0 Å². The zero-order valence-corrected chi connectivity index (χ0v) is 17.6. The average molecular weight is 435 g/mol. The molecule has 0 saturated carbocycles. The minimum Gasteiger partial charge on any atom is -0.466 e. The van der Waals surface area contributed by atoms with Crippen molar-refractivity contribution in [3.8, 4) is 0 Å². The molecule has 1 amide bonds. The number of aliphatic imine (C=N–C) groups is 1. The Balaban J connectivity index is 1.67. The largest absolute Gasteiger partial charge is 0.466 e. The Morgan fingerprint density at radius 1 is 1.21 bits per heavy atom. The number of benzene rings is 2. The molecule has 3 rings (SSSR count). The standard InChI is InChI=1S/C20H19ClN2O3S2/c1-2-26-19(25)11-17-20(23-15-5-3-4-6-16(15)28-17)27-12-18(24)22-14-9-7-13(21)8-10-14/h3-10,17H,2,11-12H2,1H3,(H,22,24). The van der Waals surface area contributed by atoms with Crippen LogP contribution in [0.1, 0.15) is 13.3 Å². The highest BCUT2D eigenvalue weighted by molar-refractivity contribution is 8.17. The SMILES string of the molecule is CCOC(=O)CC1Sc2ccccc2N=C1SCC(=O)Nc1ccc(Cl)cc1. The molecule has 0 aliphatic carbocycles. The fourth-order valence-electron chi connectivity index (χ4n) is 2.54. The van der Waals surface area contributed by atoms with Crippen LogP contribution in [0.4, 0.5) is 11.4 Å². The van der Waals surface area contributed by atoms with Gasteiger partial charge in [0.05, 0.1) is 34.8 Å². The maximum Gasteiger partial charge on any atom is 0.307 e. The molecule has 5 nitrogen and oxygen atoms in total. The van der Waals surface area contributed by atoms with Gasteiger partial charge in [0.15, 0.2) is 0 Å². The van der Waals surface area contributed by atoms with Crippen LogP contribution >= 0.6 is 35.1 Å². The van der Waals surface area contributed by atoms with Crippen molar-refractivity contribution in [2.24, 2.45) is 4.99 Å². The van der Waals surface area contributed by atoms with Gasteiger partial charge < -0.3 is 10.1 Å². The molecule has 1 heterocycles. The first kappa shape index (κ1) is 20.8. The second-order valence-electron chi connectivity index (χ2n) is 5.88. The third-order valence-electron chi connectivity index (χ3n) is 3.78. The number of rotatable bonds is 6. The van der Waals surface area contributed by atoms with Gasteiger partial charge in [-0.05, 0) is 43.3 Å². The van der Waals surface area contributed by atoms with Crippen molar-refractivity contribution < 1.29 is 14.3 Å². The molecule has 0 spiro atoms. The molecule has 146 valence electrons. The van der Waals surface area contributed by atoms with E-state index in [9.17, 15) is 9.59 Å². The first-order valence-electron chi connectivity index (χ1n) is 8.73. The Morgan fingerprint density at radius 3 is 2.71 bits per heavy atom. The second kappa shape index (κ2) is 10.0. The fourth-order valence-corrected chi connectivity index (χ4v) is 4.87. The van der Waals surface area contributed by atoms with Gasteiger partial charge in [0, 0.05) is 15.6 Å². The lowest BCUT2D eigenvalue weighted by atomic mass is 10.3. The summed E-state index contributed by atoms with van der Waals surface area (Å²) in [6.45, 7) is 2.13. The molecule has 1 aliphatic heterocycles. The number of hydrogen-bond acceptors (Lipinski definition) is 6. The predicted molar refractivity (Wildman–Crippen MR) is 117 cm³/mol. The van der Waals surface area contributed by atoms with E-state index in [0.29, 0.717) is 17.3 Å². The number of nitrogens with one attached hydrogen (secondary N) is 1. The number of carbonyl (C=O) groups excluding carboxylic acids is 2. The van der Waals surface area contributed by atoms with Gasteiger partial charge in [-0.1, -0.05) is 35.5 Å². The molecule has 2 aromatic carbocycles. The van der Waals surface area contributed by atoms with Crippen molar-refractivity contribution in [3.05, 3.63) is 53.6 Å². The van der Waals surface area contributed by atoms with Gasteiger partial charge in [0.2, 0.25) is 5.91 Å². The first-order valence-corrected chi connectivity index (χ1v) is 11.0. The molecule has 1 N–H and O–H groups in total. The second-order valence-corrected chi connectivity index (χ2v) is 8.55. The molecule has 0 fully saturated rings.